The lowest BCUT2D eigenvalue weighted by Gasteiger charge is -2.18. The number of rotatable bonds is 2. The topological polar surface area (TPSA) is 15.3 Å². The van der Waals surface area contributed by atoms with Gasteiger partial charge in [-0.1, -0.05) is 0 Å². The van der Waals surface area contributed by atoms with Gasteiger partial charge < -0.3 is 10.2 Å². The summed E-state index contributed by atoms with van der Waals surface area (Å²) >= 11 is 5.92. The lowest BCUT2D eigenvalue weighted by Crippen LogP contribution is -2.22. The normalized spacial score (nSPS) is 22.2. The molecule has 1 fully saturated rings. The Bertz CT molecular complexity index is 384. The Hall–Kier alpha value is 0.190. The largest absolute Gasteiger partial charge is 0.382 e. The van der Waals surface area contributed by atoms with Crippen LogP contribution < -0.4 is 5.32 Å². The molecule has 4 heteroatoms. The number of anilines is 1. The molecule has 1 heterocycles. The van der Waals surface area contributed by atoms with E-state index < -0.39 is 0 Å². The number of hydrogen-bond acceptors (Lipinski definition) is 2. The van der Waals surface area contributed by atoms with E-state index >= 15 is 0 Å². The Labute approximate surface area is 125 Å². The maximum Gasteiger partial charge on any atom is 0.0354 e. The molecule has 1 aromatic rings. The molecule has 1 saturated heterocycles. The van der Waals surface area contributed by atoms with E-state index in [-0.39, 0.29) is 0 Å². The predicted molar refractivity (Wildman–Crippen MR) is 85.6 cm³/mol. The van der Waals surface area contributed by atoms with E-state index in [2.05, 4.69) is 74.0 Å². The number of hydrogen-bond donors (Lipinski definition) is 1. The number of benzene rings is 1. The molecule has 0 spiro atoms. The zero-order valence-electron chi connectivity index (χ0n) is 10.0. The molecule has 0 bridgehead atoms. The molecule has 1 atom stereocenters. The lowest BCUT2D eigenvalue weighted by molar-refractivity contribution is 0.348. The van der Waals surface area contributed by atoms with Crippen LogP contribution in [0.4, 0.5) is 5.69 Å². The van der Waals surface area contributed by atoms with Crippen molar-refractivity contribution in [3.8, 4) is 0 Å². The van der Waals surface area contributed by atoms with Gasteiger partial charge in [-0.25, -0.2) is 0 Å². The van der Waals surface area contributed by atoms with Gasteiger partial charge in [-0.15, -0.1) is 0 Å². The number of nitrogens with one attached hydrogen (secondary N) is 1. The molecular weight excluding hydrogens is 391 g/mol. The van der Waals surface area contributed by atoms with Crippen molar-refractivity contribution in [3.63, 3.8) is 0 Å². The van der Waals surface area contributed by atoms with E-state index in [1.54, 1.807) is 0 Å². The first-order valence-corrected chi connectivity index (χ1v) is 7.92. The van der Waals surface area contributed by atoms with Crippen LogP contribution in [0, 0.1) is 3.57 Å². The van der Waals surface area contributed by atoms with Crippen LogP contribution in [0.3, 0.4) is 0 Å². The minimum absolute atomic E-state index is 0.618. The highest BCUT2D eigenvalue weighted by Gasteiger charge is 2.14. The molecule has 17 heavy (non-hydrogen) atoms. The van der Waals surface area contributed by atoms with Crippen molar-refractivity contribution < 1.29 is 0 Å². The molecule has 0 saturated carbocycles. The molecular formula is C13H18BrIN2. The van der Waals surface area contributed by atoms with Crippen LogP contribution in [0.25, 0.3) is 0 Å². The van der Waals surface area contributed by atoms with Gasteiger partial charge in [-0.3, -0.25) is 0 Å². The van der Waals surface area contributed by atoms with E-state index in [9.17, 15) is 0 Å². The van der Waals surface area contributed by atoms with Crippen molar-refractivity contribution in [2.75, 3.05) is 25.5 Å². The third-order valence-electron chi connectivity index (χ3n) is 3.24. The van der Waals surface area contributed by atoms with E-state index in [1.165, 1.54) is 46.1 Å². The zero-order valence-corrected chi connectivity index (χ0v) is 13.8. The Kier molecular flexibility index (Phi) is 5.11. The van der Waals surface area contributed by atoms with Crippen molar-refractivity contribution >= 4 is 44.2 Å². The number of nitrogens with zero attached hydrogens (tertiary/aromatic N) is 1. The second-order valence-corrected chi connectivity index (χ2v) is 6.72. The van der Waals surface area contributed by atoms with Crippen LogP contribution in [-0.4, -0.2) is 31.1 Å². The smallest absolute Gasteiger partial charge is 0.0354 e. The second-order valence-electron chi connectivity index (χ2n) is 4.70. The van der Waals surface area contributed by atoms with E-state index in [1.807, 2.05) is 0 Å². The minimum Gasteiger partial charge on any atom is -0.382 e. The summed E-state index contributed by atoms with van der Waals surface area (Å²) in [5.74, 6) is 0. The monoisotopic (exact) mass is 408 g/mol. The van der Waals surface area contributed by atoms with Crippen molar-refractivity contribution in [2.24, 2.45) is 0 Å². The molecule has 1 aliphatic heterocycles. The molecule has 1 unspecified atom stereocenters. The first kappa shape index (κ1) is 13.6. The summed E-state index contributed by atoms with van der Waals surface area (Å²) in [6, 6.07) is 7.11. The van der Waals surface area contributed by atoms with Gasteiger partial charge in [0.25, 0.3) is 0 Å². The van der Waals surface area contributed by atoms with Crippen molar-refractivity contribution in [1.29, 1.82) is 0 Å². The van der Waals surface area contributed by atoms with Crippen LogP contribution in [-0.2, 0) is 0 Å². The quantitative estimate of drug-likeness (QED) is 0.745. The SMILES string of the molecule is CN1CCCC(Nc2ccc(I)c(Br)c2)CC1. The van der Waals surface area contributed by atoms with Crippen LogP contribution >= 0.6 is 38.5 Å². The van der Waals surface area contributed by atoms with Crippen LogP contribution in [0.2, 0.25) is 0 Å². The van der Waals surface area contributed by atoms with E-state index in [0.717, 1.165) is 0 Å². The maximum absolute atomic E-state index is 3.65. The molecule has 2 rings (SSSR count). The molecule has 0 aliphatic carbocycles. The first-order valence-electron chi connectivity index (χ1n) is 6.05. The van der Waals surface area contributed by atoms with Gasteiger partial charge in [-0.2, -0.15) is 0 Å². The van der Waals surface area contributed by atoms with Crippen LogP contribution in [0.15, 0.2) is 22.7 Å². The van der Waals surface area contributed by atoms with Crippen molar-refractivity contribution in [2.45, 2.75) is 25.3 Å². The zero-order chi connectivity index (χ0) is 12.3. The van der Waals surface area contributed by atoms with Crippen molar-refractivity contribution in [3.05, 3.63) is 26.2 Å². The van der Waals surface area contributed by atoms with Gasteiger partial charge in [0.15, 0.2) is 0 Å². The van der Waals surface area contributed by atoms with Gasteiger partial charge in [0, 0.05) is 19.8 Å². The summed E-state index contributed by atoms with van der Waals surface area (Å²) in [6.45, 7) is 2.43. The predicted octanol–water partition coefficient (Wildman–Crippen LogP) is 3.95. The summed E-state index contributed by atoms with van der Waals surface area (Å²) in [5, 5.41) is 3.65. The number of halogens is 2. The number of likely N-dealkylation sites (tertiary alicyclic amines) is 1. The van der Waals surface area contributed by atoms with Gasteiger partial charge >= 0.3 is 0 Å². The van der Waals surface area contributed by atoms with Gasteiger partial charge in [0.1, 0.15) is 0 Å². The molecule has 2 nitrogen and oxygen atoms in total. The Morgan fingerprint density at radius 2 is 2.18 bits per heavy atom. The van der Waals surface area contributed by atoms with E-state index in [0.29, 0.717) is 6.04 Å². The average Bonchev–Trinajstić information content (AvgIpc) is 2.49. The molecule has 0 aromatic heterocycles. The Morgan fingerprint density at radius 3 is 2.94 bits per heavy atom. The third-order valence-corrected chi connectivity index (χ3v) is 5.58. The summed E-state index contributed by atoms with van der Waals surface area (Å²) in [6.07, 6.45) is 3.80. The molecule has 1 aliphatic rings. The Balaban J connectivity index is 1.97. The van der Waals surface area contributed by atoms with Crippen LogP contribution in [0.1, 0.15) is 19.3 Å². The molecule has 94 valence electrons. The fraction of sp³-hybridized carbons (Fsp3) is 0.538. The van der Waals surface area contributed by atoms with Gasteiger partial charge in [-0.05, 0) is 96.1 Å². The lowest BCUT2D eigenvalue weighted by atomic mass is 10.1. The summed E-state index contributed by atoms with van der Waals surface area (Å²) in [5.41, 5.74) is 1.23. The first-order chi connectivity index (χ1) is 8.15. The molecule has 0 amide bonds. The fourth-order valence-corrected chi connectivity index (χ4v) is 2.92. The van der Waals surface area contributed by atoms with Crippen molar-refractivity contribution in [1.82, 2.24) is 4.90 Å². The highest BCUT2D eigenvalue weighted by molar-refractivity contribution is 14.1. The molecule has 0 radical (unpaired) electrons. The van der Waals surface area contributed by atoms with E-state index in [4.69, 9.17) is 0 Å². The minimum atomic E-state index is 0.618. The van der Waals surface area contributed by atoms with Gasteiger partial charge in [0.2, 0.25) is 0 Å². The third kappa shape index (κ3) is 4.10. The molecule has 1 aromatic carbocycles. The Morgan fingerprint density at radius 1 is 1.35 bits per heavy atom. The second kappa shape index (κ2) is 6.38. The highest BCUT2D eigenvalue weighted by Crippen LogP contribution is 2.24. The standard InChI is InChI=1S/C13H18BrIN2/c1-17-7-2-3-10(6-8-17)16-11-4-5-13(15)12(14)9-11/h4-5,9-10,16H,2-3,6-8H2,1H3. The summed E-state index contributed by atoms with van der Waals surface area (Å²) in [7, 11) is 2.21. The summed E-state index contributed by atoms with van der Waals surface area (Å²) < 4.78 is 2.43. The molecule has 1 N–H and O–H groups in total. The van der Waals surface area contributed by atoms with Crippen LogP contribution in [0.5, 0.6) is 0 Å². The fourth-order valence-electron chi connectivity index (χ4n) is 2.21. The highest BCUT2D eigenvalue weighted by atomic mass is 127. The summed E-state index contributed by atoms with van der Waals surface area (Å²) in [4.78, 5) is 2.42. The maximum atomic E-state index is 3.65. The average molecular weight is 409 g/mol. The van der Waals surface area contributed by atoms with Gasteiger partial charge in [0.05, 0.1) is 0 Å².